The van der Waals surface area contributed by atoms with Gasteiger partial charge in [0, 0.05) is 13.1 Å². The van der Waals surface area contributed by atoms with Crippen LogP contribution in [0.1, 0.15) is 42.5 Å². The Hall–Kier alpha value is -1.72. The summed E-state index contributed by atoms with van der Waals surface area (Å²) in [5.41, 5.74) is 0. The number of aromatic nitrogens is 3. The molecule has 16 heteroatoms. The lowest BCUT2D eigenvalue weighted by atomic mass is 10.1. The maximum atomic E-state index is 11.1. The molecule has 0 aliphatic heterocycles. The molecule has 0 saturated heterocycles. The van der Waals surface area contributed by atoms with Crippen LogP contribution in [0.2, 0.25) is 0 Å². The molecule has 0 bridgehead atoms. The van der Waals surface area contributed by atoms with Crippen LogP contribution in [0.15, 0.2) is 41.4 Å². The van der Waals surface area contributed by atoms with Gasteiger partial charge in [-0.15, -0.1) is 6.58 Å². The summed E-state index contributed by atoms with van der Waals surface area (Å²) in [6.45, 7) is 8.40. The number of nitrogens with zero attached hydrogens (tertiary/aromatic N) is 3. The lowest BCUT2D eigenvalue weighted by Gasteiger charge is -2.05. The van der Waals surface area contributed by atoms with Gasteiger partial charge in [0.05, 0.1) is 0 Å². The molecule has 1 atom stereocenters. The first-order valence-electron chi connectivity index (χ1n) is 8.10. The molecule has 0 spiro atoms. The van der Waals surface area contributed by atoms with Crippen molar-refractivity contribution in [2.45, 2.75) is 55.6 Å². The molecule has 0 aliphatic rings. The predicted molar refractivity (Wildman–Crippen MR) is 148 cm³/mol. The smallest absolute Gasteiger partial charge is 0.332 e. The molecule has 3 heterocycles. The minimum absolute atomic E-state index is 0. The van der Waals surface area contributed by atoms with Crippen molar-refractivity contribution in [3.63, 3.8) is 0 Å². The molecule has 190 valence electrons. The second-order valence-electron chi connectivity index (χ2n) is 5.49. The van der Waals surface area contributed by atoms with Crippen LogP contribution in [0.25, 0.3) is 0 Å². The van der Waals surface area contributed by atoms with Crippen molar-refractivity contribution in [2.24, 2.45) is 5.92 Å². The minimum Gasteiger partial charge on any atom is -0.332 e. The average Bonchev–Trinajstić information content (AvgIpc) is 3.32. The monoisotopic (exact) mass is 578 g/mol. The molecule has 3 aromatic rings. The molecular formula is C17H30N4O6S6. The number of allylic oxidation sites excluding steroid dienone is 1. The van der Waals surface area contributed by atoms with Gasteiger partial charge < -0.3 is 5.84 Å². The van der Waals surface area contributed by atoms with Crippen LogP contribution < -0.4 is 35.1 Å². The molecule has 3 rings (SSSR count). The molecule has 0 radical (unpaired) electrons. The average molecular weight is 579 g/mol. The highest BCUT2D eigenvalue weighted by Crippen LogP contribution is 2.03. The molecule has 3 aromatic heterocycles. The predicted octanol–water partition coefficient (Wildman–Crippen LogP) is 2.85. The molecule has 10 nitrogen and oxygen atoms in total. The summed E-state index contributed by atoms with van der Waals surface area (Å²) in [5.74, 6) is 5.31. The fraction of sp³-hybridized carbons (Fsp3) is 0.529. The Morgan fingerprint density at radius 3 is 1.36 bits per heavy atom. The van der Waals surface area contributed by atoms with E-state index in [1.165, 1.54) is 10.6 Å². The summed E-state index contributed by atoms with van der Waals surface area (Å²) < 4.78 is 3.07. The van der Waals surface area contributed by atoms with Gasteiger partial charge in [0.1, 0.15) is 0 Å². The zero-order valence-corrected chi connectivity index (χ0v) is 20.7. The van der Waals surface area contributed by atoms with E-state index in [0.29, 0.717) is 23.7 Å². The number of hydrogen-bond acceptors (Lipinski definition) is 13. The van der Waals surface area contributed by atoms with Crippen molar-refractivity contribution < 1.29 is 0 Å². The van der Waals surface area contributed by atoms with Crippen LogP contribution in [-0.2, 0) is 13.1 Å². The van der Waals surface area contributed by atoms with Gasteiger partial charge >= 0.3 is 29.2 Å². The number of nitrogen functional groups attached to an aromatic ring is 1. The van der Waals surface area contributed by atoms with E-state index in [1.807, 2.05) is 6.92 Å². The van der Waals surface area contributed by atoms with Crippen molar-refractivity contribution in [3.8, 4) is 0 Å². The lowest BCUT2D eigenvalue weighted by Crippen LogP contribution is -2.31. The van der Waals surface area contributed by atoms with Gasteiger partial charge in [0.15, 0.2) is 0 Å². The van der Waals surface area contributed by atoms with Crippen LogP contribution in [0, 0.1) is 5.92 Å². The third kappa shape index (κ3) is 11.3. The number of nitrogens with two attached hydrogens (primary N) is 1. The van der Waals surface area contributed by atoms with Crippen molar-refractivity contribution >= 4 is 62.0 Å². The van der Waals surface area contributed by atoms with Gasteiger partial charge in [-0.25, -0.2) is 0 Å². The topological polar surface area (TPSA) is 143 Å². The Morgan fingerprint density at radius 2 is 1.09 bits per heavy atom. The third-order valence-electron chi connectivity index (χ3n) is 3.33. The second-order valence-corrected chi connectivity index (χ2v) is 11.6. The summed E-state index contributed by atoms with van der Waals surface area (Å²) in [6, 6.07) is 0. The Morgan fingerprint density at radius 1 is 0.758 bits per heavy atom. The van der Waals surface area contributed by atoms with Crippen molar-refractivity contribution in [1.29, 1.82) is 0 Å². The van der Waals surface area contributed by atoms with Crippen molar-refractivity contribution in [1.82, 2.24) is 13.8 Å². The van der Waals surface area contributed by atoms with Gasteiger partial charge in [-0.1, -0.05) is 48.6 Å². The van der Waals surface area contributed by atoms with Crippen LogP contribution in [0.5, 0.6) is 0 Å². The zero-order chi connectivity index (χ0) is 22.8. The van der Waals surface area contributed by atoms with Crippen LogP contribution in [0.3, 0.4) is 0 Å². The first kappa shape index (κ1) is 35.9. The Labute approximate surface area is 212 Å². The standard InChI is InChI=1S/C7H11NO2S2.C5H5NO2S2.C2H2N2O2S2.3CH4/c1-3-5(2)4-8-6(9)11-12-7(8)10;1-2-3-6-4(7)9-10-5(6)8;3-4-1(5)7-8-2(4)6;;;/h5H,3-4H2,1-2H3;2H,1,3H2;3H2;3*1H4. The molecule has 0 amide bonds. The first-order valence-corrected chi connectivity index (χ1v) is 14.5. The quantitative estimate of drug-likeness (QED) is 0.279. The minimum atomic E-state index is -0.403. The zero-order valence-electron chi connectivity index (χ0n) is 15.8. The van der Waals surface area contributed by atoms with Gasteiger partial charge in [0.25, 0.3) is 0 Å². The van der Waals surface area contributed by atoms with Crippen molar-refractivity contribution in [3.05, 3.63) is 70.7 Å². The SMILES string of the molecule is C.C.C.C=CCn1c(=O)ssc1=O.CCC(C)Cn1c(=O)ssc1=O.Nn1c(=O)ssc1=O. The fourth-order valence-corrected chi connectivity index (χ4v) is 6.33. The molecular weight excluding hydrogens is 549 g/mol. The highest BCUT2D eigenvalue weighted by molar-refractivity contribution is 7.67. The third-order valence-corrected chi connectivity index (χ3v) is 9.03. The van der Waals surface area contributed by atoms with E-state index in [1.54, 1.807) is 0 Å². The Kier molecular flexibility index (Phi) is 19.3. The summed E-state index contributed by atoms with van der Waals surface area (Å²) in [4.78, 5) is 62.9. The van der Waals surface area contributed by atoms with E-state index in [4.69, 9.17) is 5.84 Å². The van der Waals surface area contributed by atoms with E-state index in [9.17, 15) is 28.8 Å². The summed E-state index contributed by atoms with van der Waals surface area (Å²) in [5, 5.41) is 0. The van der Waals surface area contributed by atoms with Crippen molar-refractivity contribution in [2.75, 3.05) is 5.84 Å². The highest BCUT2D eigenvalue weighted by Gasteiger charge is 2.07. The first-order chi connectivity index (χ1) is 14.1. The molecule has 1 unspecified atom stereocenters. The number of hydrogen-bond donors (Lipinski definition) is 1. The summed E-state index contributed by atoms with van der Waals surface area (Å²) >= 11 is 0. The molecule has 33 heavy (non-hydrogen) atoms. The van der Waals surface area contributed by atoms with Gasteiger partial charge in [0.2, 0.25) is 0 Å². The largest absolute Gasteiger partial charge is 0.339 e. The Bertz CT molecular complexity index is 1200. The van der Waals surface area contributed by atoms with Gasteiger partial charge in [-0.05, 0) is 68.0 Å². The molecule has 2 N–H and O–H groups in total. The maximum Gasteiger partial charge on any atom is 0.339 e. The normalized spacial score (nSPS) is 10.0. The highest BCUT2D eigenvalue weighted by atomic mass is 32.9. The van der Waals surface area contributed by atoms with E-state index in [0.717, 1.165) is 73.0 Å². The van der Waals surface area contributed by atoms with Crippen LogP contribution in [0.4, 0.5) is 0 Å². The van der Waals surface area contributed by atoms with Crippen LogP contribution in [-0.4, -0.2) is 13.8 Å². The maximum absolute atomic E-state index is 11.1. The van der Waals surface area contributed by atoms with E-state index >= 15 is 0 Å². The lowest BCUT2D eigenvalue weighted by molar-refractivity contribution is 0.460. The summed E-state index contributed by atoms with van der Waals surface area (Å²) in [7, 11) is 5.64. The number of rotatable bonds is 5. The van der Waals surface area contributed by atoms with Crippen LogP contribution >= 0.6 is 62.0 Å². The molecule has 0 fully saturated rings. The van der Waals surface area contributed by atoms with Gasteiger partial charge in [-0.2, -0.15) is 4.68 Å². The van der Waals surface area contributed by atoms with Gasteiger partial charge in [-0.3, -0.25) is 37.9 Å². The Balaban J connectivity index is -0.000000398. The molecule has 0 aliphatic carbocycles. The van der Waals surface area contributed by atoms with E-state index < -0.39 is 9.75 Å². The molecule has 0 saturated carbocycles. The second kappa shape index (κ2) is 17.7. The van der Waals surface area contributed by atoms with E-state index in [2.05, 4.69) is 13.5 Å². The summed E-state index contributed by atoms with van der Waals surface area (Å²) in [6.07, 6.45) is 2.52. The fourth-order valence-electron chi connectivity index (χ4n) is 1.57. The van der Waals surface area contributed by atoms with E-state index in [-0.39, 0.29) is 41.8 Å². The molecule has 0 aromatic carbocycles.